The summed E-state index contributed by atoms with van der Waals surface area (Å²) in [5.41, 5.74) is 6.85. The van der Waals surface area contributed by atoms with E-state index in [2.05, 4.69) is 37.2 Å². The van der Waals surface area contributed by atoms with Gasteiger partial charge in [0.1, 0.15) is 17.2 Å². The van der Waals surface area contributed by atoms with Crippen LogP contribution in [0.2, 0.25) is 0 Å². The van der Waals surface area contributed by atoms with E-state index < -0.39 is 11.9 Å². The number of rotatable bonds is 10. The summed E-state index contributed by atoms with van der Waals surface area (Å²) in [4.78, 5) is 41.3. The van der Waals surface area contributed by atoms with Crippen LogP contribution in [-0.2, 0) is 6.61 Å². The van der Waals surface area contributed by atoms with Crippen LogP contribution in [0.1, 0.15) is 39.1 Å². The predicted octanol–water partition coefficient (Wildman–Crippen LogP) is 1.08. The lowest BCUT2D eigenvalue weighted by Crippen LogP contribution is -2.47. The average molecular weight is 502 g/mol. The van der Waals surface area contributed by atoms with Gasteiger partial charge in [-0.25, -0.2) is 4.79 Å². The number of anilines is 1. The summed E-state index contributed by atoms with van der Waals surface area (Å²) in [7, 11) is 2.10. The normalized spacial score (nSPS) is 16.5. The zero-order chi connectivity index (χ0) is 24.8. The molecule has 0 unspecified atom stereocenters. The van der Waals surface area contributed by atoms with E-state index in [0.717, 1.165) is 62.7 Å². The predicted molar refractivity (Wildman–Crippen MR) is 133 cm³/mol. The van der Waals surface area contributed by atoms with Crippen molar-refractivity contribution in [1.29, 1.82) is 0 Å². The van der Waals surface area contributed by atoms with Gasteiger partial charge in [-0.05, 0) is 49.1 Å². The Labute approximate surface area is 208 Å². The topological polar surface area (TPSA) is 142 Å². The molecule has 1 saturated heterocycles. The fourth-order valence-electron chi connectivity index (χ4n) is 3.67. The molecule has 2 heterocycles. The zero-order valence-electron chi connectivity index (χ0n) is 19.7. The molecule has 2 fully saturated rings. The maximum absolute atomic E-state index is 12.4. The summed E-state index contributed by atoms with van der Waals surface area (Å²) in [6, 6.07) is 6.90. The highest BCUT2D eigenvalue weighted by Gasteiger charge is 2.24. The number of nitrogens with zero attached hydrogens (tertiary/aromatic N) is 3. The van der Waals surface area contributed by atoms with Crippen molar-refractivity contribution in [2.75, 3.05) is 51.6 Å². The molecule has 0 bridgehead atoms. The lowest BCUT2D eigenvalue weighted by atomic mass is 10.1. The standard InChI is InChI=1S/C23H31N7O4S/c1-29-9-11-30(12-10-29)8-7-25-23(33)27-22-18(19(24)31)21(28-35-22)34-14-15-3-2-4-16(13-15)20(32)26-17-5-6-17/h2-4,13,17H,5-12,14H2,1H3,(H2,24,31)(H,26,32)(H2,25,27,33). The lowest BCUT2D eigenvalue weighted by Gasteiger charge is -2.32. The number of hydrogen-bond donors (Lipinski definition) is 4. The zero-order valence-corrected chi connectivity index (χ0v) is 20.5. The Hall–Kier alpha value is -3.22. The maximum Gasteiger partial charge on any atom is 0.319 e. The molecule has 4 rings (SSSR count). The van der Waals surface area contributed by atoms with Gasteiger partial charge in [-0.3, -0.25) is 19.8 Å². The van der Waals surface area contributed by atoms with Crippen LogP contribution in [0.3, 0.4) is 0 Å². The van der Waals surface area contributed by atoms with Crippen LogP contribution in [0.5, 0.6) is 5.88 Å². The van der Waals surface area contributed by atoms with Gasteiger partial charge in [0.2, 0.25) is 5.88 Å². The Bertz CT molecular complexity index is 1060. The van der Waals surface area contributed by atoms with Crippen molar-refractivity contribution < 1.29 is 19.1 Å². The van der Waals surface area contributed by atoms with Crippen molar-refractivity contribution in [1.82, 2.24) is 24.8 Å². The van der Waals surface area contributed by atoms with Crippen LogP contribution < -0.4 is 26.4 Å². The van der Waals surface area contributed by atoms with Crippen LogP contribution in [-0.4, -0.2) is 84.4 Å². The summed E-state index contributed by atoms with van der Waals surface area (Å²) >= 11 is 0.924. The number of hydrogen-bond acceptors (Lipinski definition) is 8. The second kappa shape index (κ2) is 11.5. The molecule has 0 spiro atoms. The first-order valence-corrected chi connectivity index (χ1v) is 12.4. The van der Waals surface area contributed by atoms with E-state index in [1.165, 1.54) is 0 Å². The number of carbonyl (C=O) groups excluding carboxylic acids is 3. The van der Waals surface area contributed by atoms with Gasteiger partial charge >= 0.3 is 6.03 Å². The molecule has 1 aliphatic carbocycles. The Morgan fingerprint density at radius 1 is 1.20 bits per heavy atom. The molecular weight excluding hydrogens is 470 g/mol. The smallest absolute Gasteiger partial charge is 0.319 e. The van der Waals surface area contributed by atoms with Crippen LogP contribution in [0.15, 0.2) is 24.3 Å². The summed E-state index contributed by atoms with van der Waals surface area (Å²) in [5, 5.41) is 8.62. The number of carbonyl (C=O) groups is 3. The van der Waals surface area contributed by atoms with Crippen LogP contribution >= 0.6 is 11.5 Å². The van der Waals surface area contributed by atoms with Gasteiger partial charge < -0.3 is 26.0 Å². The van der Waals surface area contributed by atoms with E-state index in [1.807, 2.05) is 6.07 Å². The molecule has 188 valence electrons. The van der Waals surface area contributed by atoms with Gasteiger partial charge in [-0.15, -0.1) is 0 Å². The second-order valence-electron chi connectivity index (χ2n) is 8.82. The molecule has 2 aliphatic rings. The number of piperazine rings is 1. The highest BCUT2D eigenvalue weighted by Crippen LogP contribution is 2.30. The van der Waals surface area contributed by atoms with Crippen molar-refractivity contribution >= 4 is 34.4 Å². The first-order chi connectivity index (χ1) is 16.9. The quantitative estimate of drug-likeness (QED) is 0.382. The number of nitrogens with two attached hydrogens (primary N) is 1. The van der Waals surface area contributed by atoms with Gasteiger partial charge in [0.05, 0.1) is 0 Å². The maximum atomic E-state index is 12.4. The Balaban J connectivity index is 1.30. The molecule has 11 nitrogen and oxygen atoms in total. The number of primary amides is 1. The monoisotopic (exact) mass is 501 g/mol. The number of benzene rings is 1. The SMILES string of the molecule is CN1CCN(CCNC(=O)Nc2snc(OCc3cccc(C(=O)NC4CC4)c3)c2C(N)=O)CC1. The fourth-order valence-corrected chi connectivity index (χ4v) is 4.41. The van der Waals surface area contributed by atoms with Crippen molar-refractivity contribution in [2.24, 2.45) is 5.73 Å². The second-order valence-corrected chi connectivity index (χ2v) is 9.59. The molecule has 1 aromatic heterocycles. The van der Waals surface area contributed by atoms with Crippen molar-refractivity contribution in [3.8, 4) is 5.88 Å². The molecule has 1 aliphatic heterocycles. The molecule has 1 aromatic carbocycles. The number of ether oxygens (including phenoxy) is 1. The first kappa shape index (κ1) is 24.9. The van der Waals surface area contributed by atoms with Crippen LogP contribution in [0.25, 0.3) is 0 Å². The minimum absolute atomic E-state index is 0.0202. The third-order valence-electron chi connectivity index (χ3n) is 5.92. The Kier molecular flexibility index (Phi) is 8.16. The van der Waals surface area contributed by atoms with Gasteiger partial charge in [0.15, 0.2) is 0 Å². The van der Waals surface area contributed by atoms with Crippen molar-refractivity contribution in [3.63, 3.8) is 0 Å². The molecule has 1 saturated carbocycles. The number of aromatic nitrogens is 1. The number of urea groups is 1. The number of nitrogens with one attached hydrogen (secondary N) is 3. The molecule has 0 radical (unpaired) electrons. The molecule has 12 heteroatoms. The molecule has 4 amide bonds. The van der Waals surface area contributed by atoms with Crippen LogP contribution in [0, 0.1) is 0 Å². The molecule has 5 N–H and O–H groups in total. The number of likely N-dealkylation sites (N-methyl/N-ethyl adjacent to an activating group) is 1. The van der Waals surface area contributed by atoms with E-state index in [4.69, 9.17) is 10.5 Å². The van der Waals surface area contributed by atoms with E-state index in [0.29, 0.717) is 12.1 Å². The van der Waals surface area contributed by atoms with E-state index in [1.54, 1.807) is 18.2 Å². The average Bonchev–Trinajstić information content (AvgIpc) is 3.56. The highest BCUT2D eigenvalue weighted by atomic mass is 32.1. The summed E-state index contributed by atoms with van der Waals surface area (Å²) in [6.45, 7) is 5.27. The summed E-state index contributed by atoms with van der Waals surface area (Å²) in [6.07, 6.45) is 2.03. The van der Waals surface area contributed by atoms with Gasteiger partial charge in [-0.1, -0.05) is 12.1 Å². The molecule has 2 aromatic rings. The van der Waals surface area contributed by atoms with E-state index in [-0.39, 0.29) is 35.0 Å². The Morgan fingerprint density at radius 2 is 1.97 bits per heavy atom. The molecular formula is C23H31N7O4S. The number of amides is 4. The summed E-state index contributed by atoms with van der Waals surface area (Å²) < 4.78 is 9.88. The highest BCUT2D eigenvalue weighted by molar-refractivity contribution is 7.11. The van der Waals surface area contributed by atoms with E-state index in [9.17, 15) is 14.4 Å². The van der Waals surface area contributed by atoms with Gasteiger partial charge in [0.25, 0.3) is 11.8 Å². The van der Waals surface area contributed by atoms with E-state index >= 15 is 0 Å². The lowest BCUT2D eigenvalue weighted by molar-refractivity contribution is 0.0949. The first-order valence-electron chi connectivity index (χ1n) is 11.7. The molecule has 0 atom stereocenters. The third kappa shape index (κ3) is 7.13. The fraction of sp³-hybridized carbons (Fsp3) is 0.478. The largest absolute Gasteiger partial charge is 0.472 e. The van der Waals surface area contributed by atoms with Gasteiger partial charge in [0, 0.05) is 50.9 Å². The van der Waals surface area contributed by atoms with Crippen LogP contribution in [0.4, 0.5) is 9.80 Å². The minimum Gasteiger partial charge on any atom is -0.472 e. The third-order valence-corrected chi connectivity index (χ3v) is 6.67. The molecule has 35 heavy (non-hydrogen) atoms. The van der Waals surface area contributed by atoms with Crippen molar-refractivity contribution in [3.05, 3.63) is 41.0 Å². The van der Waals surface area contributed by atoms with Crippen molar-refractivity contribution in [2.45, 2.75) is 25.5 Å². The summed E-state index contributed by atoms with van der Waals surface area (Å²) in [5.74, 6) is -0.826. The minimum atomic E-state index is -0.751. The van der Waals surface area contributed by atoms with Gasteiger partial charge in [-0.2, -0.15) is 4.37 Å². The Morgan fingerprint density at radius 3 is 2.69 bits per heavy atom.